The van der Waals surface area contributed by atoms with Crippen molar-refractivity contribution in [3.8, 4) is 11.3 Å². The van der Waals surface area contributed by atoms with Crippen molar-refractivity contribution < 1.29 is 81.4 Å². The van der Waals surface area contributed by atoms with Crippen molar-refractivity contribution in [2.24, 2.45) is 23.7 Å². The molecule has 5 N–H and O–H groups in total. The summed E-state index contributed by atoms with van der Waals surface area (Å²) in [6.45, 7) is 17.4. The van der Waals surface area contributed by atoms with Crippen molar-refractivity contribution in [1.82, 2.24) is 69.7 Å². The molecule has 6 aliphatic heterocycles. The van der Waals surface area contributed by atoms with E-state index in [1.54, 1.807) is 44.3 Å². The van der Waals surface area contributed by atoms with E-state index >= 15 is 0 Å². The van der Waals surface area contributed by atoms with Crippen molar-refractivity contribution in [2.45, 2.75) is 219 Å². The first kappa shape index (κ1) is 95.9. The lowest BCUT2D eigenvalue weighted by Crippen LogP contribution is -2.54. The van der Waals surface area contributed by atoms with Crippen LogP contribution >= 0.6 is 0 Å². The number of aliphatic hydroxyl groups is 1. The number of carbonyl (C=O) groups is 8. The van der Waals surface area contributed by atoms with Gasteiger partial charge >= 0.3 is 12.1 Å². The van der Waals surface area contributed by atoms with E-state index in [9.17, 15) is 43.5 Å². The molecule has 0 radical (unpaired) electrons. The molecule has 4 fully saturated rings. The molecule has 4 amide bonds. The lowest BCUT2D eigenvalue weighted by Gasteiger charge is -2.36. The largest absolute Gasteiger partial charge is 0.460 e. The number of benzene rings is 1. The van der Waals surface area contributed by atoms with Crippen molar-refractivity contribution in [3.05, 3.63) is 149 Å². The number of nitrogens with two attached hydrogens (primary N) is 1. The van der Waals surface area contributed by atoms with Gasteiger partial charge in [0.2, 0.25) is 23.6 Å². The van der Waals surface area contributed by atoms with Gasteiger partial charge in [-0.25, -0.2) is 49.2 Å². The number of nitrogens with zero attached hydrogens (tertiary/aromatic N) is 14. The normalized spacial score (nSPS) is 25.2. The summed E-state index contributed by atoms with van der Waals surface area (Å²) in [4.78, 5) is 155. The van der Waals surface area contributed by atoms with Crippen LogP contribution in [-0.2, 0) is 99.1 Å². The highest BCUT2D eigenvalue weighted by Gasteiger charge is 2.43. The highest BCUT2D eigenvalue weighted by molar-refractivity contribution is 6.38. The Hall–Kier alpha value is -11.1. The van der Waals surface area contributed by atoms with Crippen LogP contribution in [0.2, 0.25) is 0 Å². The van der Waals surface area contributed by atoms with Crippen LogP contribution in [0, 0.1) is 23.7 Å². The molecule has 14 rings (SSSR count). The van der Waals surface area contributed by atoms with Crippen LogP contribution in [0.25, 0.3) is 33.3 Å². The lowest BCUT2D eigenvalue weighted by molar-refractivity contribution is -0.167. The predicted molar refractivity (Wildman–Crippen MR) is 489 cm³/mol. The number of piperazine rings is 1. The number of anilines is 3. The second-order valence-electron chi connectivity index (χ2n) is 35.8. The molecule has 2 unspecified atom stereocenters. The third-order valence-corrected chi connectivity index (χ3v) is 26.3. The number of Topliss-reactive ketones (excluding diaryl/α,β-unsaturated/α-hetero) is 3. The molecular weight excluding hydrogens is 1680 g/mol. The number of fused-ring (bicyclic) bond motifs is 7. The number of aliphatic hydroxyl groups excluding tert-OH is 1. The Morgan fingerprint density at radius 1 is 0.679 bits per heavy atom. The van der Waals surface area contributed by atoms with Crippen molar-refractivity contribution >= 4 is 86.9 Å². The van der Waals surface area contributed by atoms with Gasteiger partial charge in [0.15, 0.2) is 5.65 Å². The number of piperidine rings is 1. The van der Waals surface area contributed by atoms with Gasteiger partial charge < -0.3 is 83.5 Å². The van der Waals surface area contributed by atoms with Crippen LogP contribution in [0.5, 0.6) is 0 Å². The molecular formula is C97H127N17O17. The zero-order chi connectivity index (χ0) is 91.9. The third-order valence-electron chi connectivity index (χ3n) is 26.3. The van der Waals surface area contributed by atoms with E-state index in [-0.39, 0.29) is 98.4 Å². The first-order chi connectivity index (χ1) is 63.6. The number of methoxy groups -OCH3 is 1. The summed E-state index contributed by atoms with van der Waals surface area (Å²) in [5.74, 6) is -1.97. The van der Waals surface area contributed by atoms with E-state index in [1.807, 2.05) is 79.1 Å². The van der Waals surface area contributed by atoms with Crippen LogP contribution in [0.1, 0.15) is 182 Å². The smallest absolute Gasteiger partial charge is 0.410 e. The number of hydrogen-bond donors (Lipinski definition) is 4. The Bertz CT molecular complexity index is 5230. The summed E-state index contributed by atoms with van der Waals surface area (Å²) >= 11 is 0. The highest BCUT2D eigenvalue weighted by Crippen LogP contribution is 2.37. The number of aromatic amines is 1. The van der Waals surface area contributed by atoms with Gasteiger partial charge in [0, 0.05) is 151 Å². The molecule has 3 saturated heterocycles. The minimum atomic E-state index is -1.09. The van der Waals surface area contributed by atoms with Gasteiger partial charge in [0.1, 0.15) is 59.4 Å². The quantitative estimate of drug-likeness (QED) is 0.0169. The fraction of sp³-hybridized carbons (Fsp3) is 0.567. The maximum atomic E-state index is 14.5. The number of rotatable bonds is 26. The molecule has 1 saturated carbocycles. The molecule has 34 nitrogen and oxygen atoms in total. The maximum absolute atomic E-state index is 14.5. The van der Waals surface area contributed by atoms with Gasteiger partial charge in [0.25, 0.3) is 11.8 Å². The second-order valence-corrected chi connectivity index (χ2v) is 35.8. The number of ether oxygens (including phenoxy) is 8. The average molecular weight is 1800 g/mol. The highest BCUT2D eigenvalue weighted by atomic mass is 16.6. The van der Waals surface area contributed by atoms with Gasteiger partial charge in [-0.05, 0) is 156 Å². The Labute approximate surface area is 764 Å². The number of pyridine rings is 1. The van der Waals surface area contributed by atoms with Crippen molar-refractivity contribution in [3.63, 3.8) is 0 Å². The summed E-state index contributed by atoms with van der Waals surface area (Å²) in [6, 6.07) is 9.31. The van der Waals surface area contributed by atoms with Crippen molar-refractivity contribution in [1.29, 1.82) is 0 Å². The van der Waals surface area contributed by atoms with E-state index in [2.05, 4.69) is 63.2 Å². The first-order valence-corrected chi connectivity index (χ1v) is 46.7. The first-order valence-electron chi connectivity index (χ1n) is 46.7. The molecule has 702 valence electrons. The Balaban J connectivity index is 0.454. The number of H-pyrrole nitrogens is 1. The molecule has 7 aromatic rings. The van der Waals surface area contributed by atoms with Crippen LogP contribution < -0.4 is 20.9 Å². The summed E-state index contributed by atoms with van der Waals surface area (Å²) in [6.07, 6.45) is 26.5. The topological polar surface area (TPSA) is 409 Å². The van der Waals surface area contributed by atoms with Crippen LogP contribution in [0.4, 0.5) is 22.5 Å². The fourth-order valence-electron chi connectivity index (χ4n) is 18.5. The monoisotopic (exact) mass is 1800 g/mol. The van der Waals surface area contributed by atoms with Gasteiger partial charge in [-0.15, -0.1) is 0 Å². The Kier molecular flexibility index (Phi) is 34.3. The molecule has 7 aliphatic rings. The zero-order valence-electron chi connectivity index (χ0n) is 76.4. The minimum Gasteiger partial charge on any atom is -0.460 e. The number of hydrogen-bond acceptors (Lipinski definition) is 28. The minimum absolute atomic E-state index is 0.0437. The van der Waals surface area contributed by atoms with Crippen LogP contribution in [0.15, 0.2) is 115 Å². The summed E-state index contributed by atoms with van der Waals surface area (Å²) in [5, 5.41) is 20.8. The van der Waals surface area contributed by atoms with E-state index in [0.29, 0.717) is 234 Å². The molecule has 9 atom stereocenters. The molecule has 1 aromatic carbocycles. The predicted octanol–water partition coefficient (Wildman–Crippen LogP) is 10.3. The van der Waals surface area contributed by atoms with Crippen LogP contribution in [0.3, 0.4) is 0 Å². The third kappa shape index (κ3) is 26.0. The average Bonchev–Trinajstić information content (AvgIpc) is 1.61. The number of esters is 1. The molecule has 131 heavy (non-hydrogen) atoms. The van der Waals surface area contributed by atoms with E-state index in [0.717, 1.165) is 63.8 Å². The number of carbonyl (C=O) groups excluding carboxylic acids is 8. The Morgan fingerprint density at radius 2 is 1.41 bits per heavy atom. The van der Waals surface area contributed by atoms with E-state index in [1.165, 1.54) is 29.2 Å². The fourth-order valence-corrected chi connectivity index (χ4v) is 18.5. The standard InChI is InChI=1S/C97H127N17O17/c1-62-13-8-7-9-14-63(2)84(124-6)52-76-15-12-17-83(129-76)88(119)93(121)113-32-11-10-16-79(113)94(122)130-77(51-80(115)65(4)48-66(5)82(117)53-81(116)64(3)47-62)25-21-67-19-23-75(24-20-67)131-97(123)112-34-28-78-74(60-112)57-104-96(107-78)110-37-35-109(36-38-110)95-102-55-73(56-103-95)92(120)100-31-40-126-42-44-128-46-45-127-43-41-125-39-29-85(118)111-33-27-69-49-68(18-22-71(69)59-111)58-114-91-86(89(98)105-61-106-91)87(108-114)72-50-70-26-30-99-90(70)101-54-72/h7-9,13-14,18,22,26,30,48-50,54-57,61-62,64-65,67,75-77,79,82-84,117H,10-12,15-17,19-21,23-25,27-29,31-47,51-53,58-60H2,1-6H3,(H,99,101)(H,100,120)(H2,98,105,106)/b9-7+,13-8+,63-14+,66-48+/t62-,64-,65-,67-,75-,76?,77-,79+,82+,83?,84+/m1/s1. The van der Waals surface area contributed by atoms with Gasteiger partial charge in [-0.2, -0.15) is 5.10 Å². The molecule has 1 aliphatic carbocycles. The molecule has 2 bridgehead atoms. The number of amides is 4. The second kappa shape index (κ2) is 46.8. The lowest BCUT2D eigenvalue weighted by atomic mass is 9.83. The van der Waals surface area contributed by atoms with Crippen LogP contribution in [-0.4, -0.2) is 272 Å². The van der Waals surface area contributed by atoms with Gasteiger partial charge in [-0.3, -0.25) is 28.8 Å². The maximum Gasteiger partial charge on any atom is 0.410 e. The summed E-state index contributed by atoms with van der Waals surface area (Å²) < 4.78 is 49.3. The number of nitrogen functional groups attached to an aromatic ring is 1. The number of aromatic nitrogens is 10. The zero-order valence-corrected chi connectivity index (χ0v) is 76.4. The molecule has 34 heteroatoms. The van der Waals surface area contributed by atoms with Gasteiger partial charge in [-0.1, -0.05) is 75.4 Å². The number of ketones is 3. The SMILES string of the molecule is CO[C@H]1CC2CCCC(O2)C(=O)C(=O)N2CCCC[C@H]2C(=O)O[C@H](CC[C@H]2CC[C@H](OC(=O)N3CCc4nc(N5CCN(c6ncc(C(=O)NCCOCCOCCOCCOCCC(=O)N7CCc8cc(Cn9nc(-c%10cnc%11[nH]ccc%11c%10)c%10c(N)ncnc%109)ccc8C7)cn6)CC5)ncc4C3)CC2)CC(=O)[C@H](C)/C=C(\C)[C@@H](O)CC(=O)[C@H](C)C[C@H](C)/C=C/C=C/C=C/1C. The molecule has 6 aromatic heterocycles. The van der Waals surface area contributed by atoms with E-state index in [4.69, 9.17) is 58.7 Å². The van der Waals surface area contributed by atoms with Crippen molar-refractivity contribution in [2.75, 3.05) is 128 Å². The Morgan fingerprint density at radius 3 is 2.18 bits per heavy atom. The number of allylic oxidation sites excluding steroid dienone is 6. The molecule has 12 heterocycles. The van der Waals surface area contributed by atoms with Gasteiger partial charge in [0.05, 0.1) is 107 Å². The number of cyclic esters (lactones) is 1. The summed E-state index contributed by atoms with van der Waals surface area (Å²) in [5.41, 5.74) is 16.2. The van der Waals surface area contributed by atoms with E-state index < -0.39 is 54.0 Å². The molecule has 0 spiro atoms. The number of nitrogens with one attached hydrogen (secondary N) is 2. The summed E-state index contributed by atoms with van der Waals surface area (Å²) in [7, 11) is 1.64.